The molecule has 1 fully saturated rings. The van der Waals surface area contributed by atoms with E-state index in [0.717, 1.165) is 44.9 Å². The van der Waals surface area contributed by atoms with Crippen molar-refractivity contribution in [1.82, 2.24) is 5.32 Å². The first-order chi connectivity index (χ1) is 39.7. The van der Waals surface area contributed by atoms with Crippen LogP contribution in [0, 0.1) is 0 Å². The number of carbonyl (C=O) groups is 1. The van der Waals surface area contributed by atoms with E-state index in [9.17, 15) is 40.5 Å². The van der Waals surface area contributed by atoms with Gasteiger partial charge in [0.25, 0.3) is 0 Å². The molecule has 0 spiro atoms. The third-order valence-corrected chi connectivity index (χ3v) is 16.6. The van der Waals surface area contributed by atoms with Crippen molar-refractivity contribution in [3.8, 4) is 0 Å². The average Bonchev–Trinajstić information content (AvgIpc) is 3.49. The van der Waals surface area contributed by atoms with Crippen molar-refractivity contribution >= 4 is 5.91 Å². The van der Waals surface area contributed by atoms with Gasteiger partial charge in [0.05, 0.1) is 25.4 Å². The zero-order chi connectivity index (χ0) is 58.9. The summed E-state index contributed by atoms with van der Waals surface area (Å²) in [7, 11) is 0. The molecule has 1 rings (SSSR count). The van der Waals surface area contributed by atoms with E-state index in [2.05, 4.69) is 67.8 Å². The molecule has 1 saturated heterocycles. The van der Waals surface area contributed by atoms with Crippen molar-refractivity contribution in [2.45, 2.75) is 377 Å². The number of hydrogen-bond acceptors (Lipinski definition) is 10. The minimum absolute atomic E-state index is 0.241. The quantitative estimate of drug-likeness (QED) is 0.0215. The molecule has 0 aromatic heterocycles. The molecule has 0 radical (unpaired) electrons. The van der Waals surface area contributed by atoms with Crippen molar-refractivity contribution in [3.63, 3.8) is 0 Å². The highest BCUT2D eigenvalue weighted by molar-refractivity contribution is 5.80. The first-order valence-corrected chi connectivity index (χ1v) is 34.5. The monoisotopic (exact) mass is 1150 g/mol. The Morgan fingerprint density at radius 3 is 1.10 bits per heavy atom. The molecule has 1 aliphatic rings. The lowest BCUT2D eigenvalue weighted by molar-refractivity contribution is -0.303. The number of nitrogens with one attached hydrogen (secondary N) is 1. The summed E-state index contributed by atoms with van der Waals surface area (Å²) in [4.78, 5) is 13.2. The van der Waals surface area contributed by atoms with Crippen molar-refractivity contribution < 1.29 is 50.0 Å². The summed E-state index contributed by atoms with van der Waals surface area (Å²) in [6, 6.07) is -1.20. The molecule has 0 aromatic carbocycles. The van der Waals surface area contributed by atoms with E-state index in [0.29, 0.717) is 19.3 Å². The van der Waals surface area contributed by atoms with Crippen LogP contribution in [-0.4, -0.2) is 110 Å². The molecular weight excluding hydrogens is 1010 g/mol. The molecule has 0 aliphatic carbocycles. The lowest BCUT2D eigenvalue weighted by Gasteiger charge is -2.40. The van der Waals surface area contributed by atoms with Gasteiger partial charge < -0.3 is 50.5 Å². The second kappa shape index (κ2) is 58.5. The van der Waals surface area contributed by atoms with Crippen LogP contribution in [0.15, 0.2) is 48.6 Å². The van der Waals surface area contributed by atoms with Crippen LogP contribution in [0.2, 0.25) is 0 Å². The van der Waals surface area contributed by atoms with Crippen LogP contribution < -0.4 is 5.32 Å². The zero-order valence-electron chi connectivity index (χ0n) is 52.5. The van der Waals surface area contributed by atoms with Crippen LogP contribution >= 0.6 is 0 Å². The van der Waals surface area contributed by atoms with Gasteiger partial charge in [-0.3, -0.25) is 4.79 Å². The van der Waals surface area contributed by atoms with E-state index < -0.39 is 74.2 Å². The molecule has 0 bridgehead atoms. The zero-order valence-corrected chi connectivity index (χ0v) is 52.5. The summed E-state index contributed by atoms with van der Waals surface area (Å²) in [5.41, 5.74) is 0. The van der Waals surface area contributed by atoms with Gasteiger partial charge in [-0.2, -0.15) is 0 Å². The standard InChI is InChI=1S/C70H131NO10/c1-3-5-7-9-11-13-15-17-19-21-23-24-25-26-27-28-29-30-31-32-33-34-35-36-37-38-39-40-42-44-46-48-50-52-54-56-58-63(74)69(79)71-61(60-80-70-68(78)67(77)66(76)64(59-72)81-70)65(75)62(73)57-55-53-51-49-47-45-43-41-22-20-18-16-14-12-10-8-6-4-2/h16,18,30-31,41,43,49,51,61-68,70,72-78H,3-15,17,19-29,32-40,42,44-48,50,52-60H2,1-2H3,(H,71,79)/b18-16+,31-30-,43-41+,51-49+. The predicted octanol–water partition coefficient (Wildman–Crippen LogP) is 16.4. The summed E-state index contributed by atoms with van der Waals surface area (Å²) < 4.78 is 11.2. The minimum Gasteiger partial charge on any atom is -0.394 e. The Labute approximate surface area is 498 Å². The highest BCUT2D eigenvalue weighted by atomic mass is 16.7. The van der Waals surface area contributed by atoms with Crippen molar-refractivity contribution in [2.75, 3.05) is 13.2 Å². The second-order valence-corrected chi connectivity index (χ2v) is 24.2. The molecule has 1 heterocycles. The fraction of sp³-hybridized carbons (Fsp3) is 0.871. The van der Waals surface area contributed by atoms with Gasteiger partial charge in [-0.15, -0.1) is 0 Å². The van der Waals surface area contributed by atoms with Crippen LogP contribution in [0.4, 0.5) is 0 Å². The van der Waals surface area contributed by atoms with Gasteiger partial charge in [0.2, 0.25) is 5.91 Å². The smallest absolute Gasteiger partial charge is 0.249 e. The number of unbranched alkanes of at least 4 members (excludes halogenated alkanes) is 40. The van der Waals surface area contributed by atoms with E-state index in [-0.39, 0.29) is 12.8 Å². The molecule has 11 heteroatoms. The van der Waals surface area contributed by atoms with E-state index in [1.807, 2.05) is 0 Å². The molecule has 8 N–H and O–H groups in total. The Morgan fingerprint density at radius 1 is 0.420 bits per heavy atom. The van der Waals surface area contributed by atoms with Gasteiger partial charge in [-0.05, 0) is 89.9 Å². The summed E-state index contributed by atoms with van der Waals surface area (Å²) in [5.74, 6) is -0.709. The maximum atomic E-state index is 13.2. The number of ether oxygens (including phenoxy) is 2. The first kappa shape index (κ1) is 77.1. The van der Waals surface area contributed by atoms with E-state index in [4.69, 9.17) is 9.47 Å². The van der Waals surface area contributed by atoms with Crippen LogP contribution in [0.5, 0.6) is 0 Å². The molecular formula is C70H131NO10. The molecule has 1 amide bonds. The van der Waals surface area contributed by atoms with Gasteiger partial charge in [0, 0.05) is 0 Å². The lowest BCUT2D eigenvalue weighted by Crippen LogP contribution is -2.60. The average molecular weight is 1150 g/mol. The molecule has 9 unspecified atom stereocenters. The number of amides is 1. The van der Waals surface area contributed by atoms with Gasteiger partial charge in [0.15, 0.2) is 6.29 Å². The summed E-state index contributed by atoms with van der Waals surface area (Å²) in [6.45, 7) is 3.45. The Morgan fingerprint density at radius 2 is 0.741 bits per heavy atom. The molecule has 9 atom stereocenters. The number of aliphatic hydroxyl groups excluding tert-OH is 7. The third-order valence-electron chi connectivity index (χ3n) is 16.6. The van der Waals surface area contributed by atoms with Crippen molar-refractivity contribution in [1.29, 1.82) is 0 Å². The number of aliphatic hydroxyl groups is 7. The molecule has 1 aliphatic heterocycles. The fourth-order valence-corrected chi connectivity index (χ4v) is 11.0. The van der Waals surface area contributed by atoms with Gasteiger partial charge in [-0.1, -0.05) is 281 Å². The van der Waals surface area contributed by atoms with Gasteiger partial charge in [-0.25, -0.2) is 0 Å². The maximum absolute atomic E-state index is 13.2. The lowest BCUT2D eigenvalue weighted by atomic mass is 9.98. The highest BCUT2D eigenvalue weighted by Gasteiger charge is 2.44. The highest BCUT2D eigenvalue weighted by Crippen LogP contribution is 2.24. The number of carbonyl (C=O) groups excluding carboxylic acids is 1. The van der Waals surface area contributed by atoms with Gasteiger partial charge in [0.1, 0.15) is 36.6 Å². The second-order valence-electron chi connectivity index (χ2n) is 24.2. The Hall–Kier alpha value is -1.93. The topological polar surface area (TPSA) is 189 Å². The molecule has 0 saturated carbocycles. The minimum atomic E-state index is -1.67. The van der Waals surface area contributed by atoms with Crippen LogP contribution in [0.25, 0.3) is 0 Å². The first-order valence-electron chi connectivity index (χ1n) is 34.5. The SMILES string of the molecule is CCCCCCC/C=C/CC/C=C/CC/C=C/CCCC(O)C(O)C(COC1OC(CO)C(O)C(O)C1O)NC(=O)C(O)CCCCCCCCCCCCCCCCCC/C=C\CCCCCCCCCCCCCCCCCC. The third kappa shape index (κ3) is 46.0. The number of hydrogen-bond donors (Lipinski definition) is 8. The Kier molecular flexibility index (Phi) is 55.6. The molecule has 81 heavy (non-hydrogen) atoms. The number of allylic oxidation sites excluding steroid dienone is 8. The van der Waals surface area contributed by atoms with Gasteiger partial charge >= 0.3 is 0 Å². The van der Waals surface area contributed by atoms with Crippen LogP contribution in [0.3, 0.4) is 0 Å². The number of rotatable bonds is 60. The largest absolute Gasteiger partial charge is 0.394 e. The Bertz CT molecular complexity index is 1460. The van der Waals surface area contributed by atoms with Crippen LogP contribution in [-0.2, 0) is 14.3 Å². The van der Waals surface area contributed by atoms with Crippen molar-refractivity contribution in [3.05, 3.63) is 48.6 Å². The summed E-state index contributed by atoms with van der Waals surface area (Å²) in [6.07, 6.45) is 64.9. The van der Waals surface area contributed by atoms with E-state index in [1.165, 1.54) is 231 Å². The van der Waals surface area contributed by atoms with Crippen LogP contribution in [0.1, 0.15) is 322 Å². The Balaban J connectivity index is 2.17. The normalized spacial score (nSPS) is 19.4. The fourth-order valence-electron chi connectivity index (χ4n) is 11.0. The van der Waals surface area contributed by atoms with E-state index in [1.54, 1.807) is 0 Å². The van der Waals surface area contributed by atoms with E-state index >= 15 is 0 Å². The van der Waals surface area contributed by atoms with Crippen molar-refractivity contribution in [2.24, 2.45) is 0 Å². The summed E-state index contributed by atoms with van der Waals surface area (Å²) in [5, 5.41) is 76.3. The predicted molar refractivity (Wildman–Crippen MR) is 339 cm³/mol. The molecule has 0 aromatic rings. The molecule has 476 valence electrons. The summed E-state index contributed by atoms with van der Waals surface area (Å²) >= 11 is 0. The molecule has 11 nitrogen and oxygen atoms in total. The maximum Gasteiger partial charge on any atom is 0.249 e.